The second kappa shape index (κ2) is 7.20. The normalized spacial score (nSPS) is 15.6. The standard InChI is InChI=1S/C20H28N4/c1-5-24(18-8-6-7-16(3)13-18)20-21-17(4)14-19(22-20)23-11-9-15(2)10-12-23/h6-8,13-15H,5,9-12H2,1-4H3. The van der Waals surface area contributed by atoms with Crippen molar-refractivity contribution in [1.82, 2.24) is 9.97 Å². The lowest BCUT2D eigenvalue weighted by atomic mass is 9.99. The summed E-state index contributed by atoms with van der Waals surface area (Å²) in [6.07, 6.45) is 2.49. The van der Waals surface area contributed by atoms with Crippen molar-refractivity contribution < 1.29 is 0 Å². The molecular weight excluding hydrogens is 296 g/mol. The molecule has 2 aromatic rings. The van der Waals surface area contributed by atoms with Gasteiger partial charge < -0.3 is 9.80 Å². The first-order valence-corrected chi connectivity index (χ1v) is 9.01. The number of aromatic nitrogens is 2. The van der Waals surface area contributed by atoms with Crippen LogP contribution in [0.25, 0.3) is 0 Å². The average Bonchev–Trinajstić information content (AvgIpc) is 2.56. The Bertz CT molecular complexity index is 690. The number of nitrogens with zero attached hydrogens (tertiary/aromatic N) is 4. The highest BCUT2D eigenvalue weighted by Crippen LogP contribution is 2.27. The minimum atomic E-state index is 0.803. The predicted molar refractivity (Wildman–Crippen MR) is 101 cm³/mol. The largest absolute Gasteiger partial charge is 0.356 e. The van der Waals surface area contributed by atoms with Crippen LogP contribution in [0, 0.1) is 19.8 Å². The van der Waals surface area contributed by atoms with E-state index in [2.05, 4.69) is 67.8 Å². The van der Waals surface area contributed by atoms with Gasteiger partial charge in [0.1, 0.15) is 5.82 Å². The molecule has 0 aliphatic carbocycles. The molecule has 0 unspecified atom stereocenters. The van der Waals surface area contributed by atoms with Crippen LogP contribution in [0.3, 0.4) is 0 Å². The number of rotatable bonds is 4. The van der Waals surface area contributed by atoms with Gasteiger partial charge in [0.05, 0.1) is 0 Å². The summed E-state index contributed by atoms with van der Waals surface area (Å²) in [4.78, 5) is 14.2. The van der Waals surface area contributed by atoms with Gasteiger partial charge >= 0.3 is 0 Å². The quantitative estimate of drug-likeness (QED) is 0.829. The Morgan fingerprint density at radius 3 is 2.54 bits per heavy atom. The van der Waals surface area contributed by atoms with E-state index in [0.29, 0.717) is 0 Å². The molecule has 2 heterocycles. The molecule has 4 heteroatoms. The van der Waals surface area contributed by atoms with Gasteiger partial charge in [0.15, 0.2) is 0 Å². The Hall–Kier alpha value is -2.10. The molecule has 0 bridgehead atoms. The summed E-state index contributed by atoms with van der Waals surface area (Å²) in [5, 5.41) is 0. The number of aryl methyl sites for hydroxylation is 2. The maximum absolute atomic E-state index is 4.90. The van der Waals surface area contributed by atoms with Crippen LogP contribution in [-0.4, -0.2) is 29.6 Å². The molecule has 128 valence electrons. The lowest BCUT2D eigenvalue weighted by Gasteiger charge is -2.32. The molecular formula is C20H28N4. The average molecular weight is 324 g/mol. The fourth-order valence-corrected chi connectivity index (χ4v) is 3.29. The summed E-state index contributed by atoms with van der Waals surface area (Å²) >= 11 is 0. The molecule has 1 aliphatic rings. The van der Waals surface area contributed by atoms with Crippen molar-refractivity contribution in [3.8, 4) is 0 Å². The van der Waals surface area contributed by atoms with Crippen molar-refractivity contribution in [2.75, 3.05) is 29.4 Å². The molecule has 24 heavy (non-hydrogen) atoms. The maximum Gasteiger partial charge on any atom is 0.232 e. The highest BCUT2D eigenvalue weighted by Gasteiger charge is 2.19. The van der Waals surface area contributed by atoms with Crippen LogP contribution in [0.2, 0.25) is 0 Å². The van der Waals surface area contributed by atoms with Crippen molar-refractivity contribution in [3.63, 3.8) is 0 Å². The van der Waals surface area contributed by atoms with Gasteiger partial charge in [-0.1, -0.05) is 19.1 Å². The number of benzene rings is 1. The molecule has 1 aromatic heterocycles. The van der Waals surface area contributed by atoms with Crippen LogP contribution >= 0.6 is 0 Å². The zero-order valence-electron chi connectivity index (χ0n) is 15.3. The van der Waals surface area contributed by atoms with Crippen molar-refractivity contribution in [2.24, 2.45) is 5.92 Å². The molecule has 0 N–H and O–H groups in total. The van der Waals surface area contributed by atoms with E-state index in [4.69, 9.17) is 9.97 Å². The number of piperidine rings is 1. The van der Waals surface area contributed by atoms with E-state index in [1.165, 1.54) is 18.4 Å². The molecule has 3 rings (SSSR count). The molecule has 0 atom stereocenters. The summed E-state index contributed by atoms with van der Waals surface area (Å²) in [5.74, 6) is 2.69. The zero-order chi connectivity index (χ0) is 17.1. The van der Waals surface area contributed by atoms with E-state index in [1.807, 2.05) is 0 Å². The molecule has 0 spiro atoms. The minimum absolute atomic E-state index is 0.803. The maximum atomic E-state index is 4.90. The zero-order valence-corrected chi connectivity index (χ0v) is 15.3. The third-order valence-corrected chi connectivity index (χ3v) is 4.81. The lowest BCUT2D eigenvalue weighted by Crippen LogP contribution is -2.34. The molecule has 1 aliphatic heterocycles. The summed E-state index contributed by atoms with van der Waals surface area (Å²) in [7, 11) is 0. The molecule has 0 radical (unpaired) electrons. The molecule has 4 nitrogen and oxygen atoms in total. The van der Waals surface area contributed by atoms with Gasteiger partial charge in [-0.25, -0.2) is 4.98 Å². The highest BCUT2D eigenvalue weighted by atomic mass is 15.3. The highest BCUT2D eigenvalue weighted by molar-refractivity contribution is 5.60. The van der Waals surface area contributed by atoms with E-state index in [9.17, 15) is 0 Å². The van der Waals surface area contributed by atoms with Gasteiger partial charge in [-0.2, -0.15) is 4.98 Å². The third-order valence-electron chi connectivity index (χ3n) is 4.81. The monoisotopic (exact) mass is 324 g/mol. The smallest absolute Gasteiger partial charge is 0.232 e. The van der Waals surface area contributed by atoms with E-state index in [0.717, 1.165) is 48.7 Å². The van der Waals surface area contributed by atoms with Crippen LogP contribution in [-0.2, 0) is 0 Å². The van der Waals surface area contributed by atoms with Crippen molar-refractivity contribution >= 4 is 17.5 Å². The predicted octanol–water partition coefficient (Wildman–Crippen LogP) is 4.49. The molecule has 0 amide bonds. The summed E-state index contributed by atoms with van der Waals surface area (Å²) in [6.45, 7) is 11.7. The van der Waals surface area contributed by atoms with Crippen LogP contribution in [0.15, 0.2) is 30.3 Å². The van der Waals surface area contributed by atoms with Crippen LogP contribution in [0.4, 0.5) is 17.5 Å². The molecule has 1 saturated heterocycles. The van der Waals surface area contributed by atoms with Gasteiger partial charge in [0.25, 0.3) is 0 Å². The Balaban J connectivity index is 1.92. The molecule has 0 saturated carbocycles. The van der Waals surface area contributed by atoms with Crippen molar-refractivity contribution in [1.29, 1.82) is 0 Å². The molecule has 1 fully saturated rings. The van der Waals surface area contributed by atoms with Crippen LogP contribution in [0.5, 0.6) is 0 Å². The Labute approximate surface area is 145 Å². The minimum Gasteiger partial charge on any atom is -0.356 e. The first-order valence-electron chi connectivity index (χ1n) is 9.01. The van der Waals surface area contributed by atoms with Gasteiger partial charge in [-0.3, -0.25) is 0 Å². The van der Waals surface area contributed by atoms with E-state index in [-0.39, 0.29) is 0 Å². The van der Waals surface area contributed by atoms with Gasteiger partial charge in [0, 0.05) is 37.1 Å². The second-order valence-corrected chi connectivity index (χ2v) is 6.92. The molecule has 1 aromatic carbocycles. The first kappa shape index (κ1) is 16.7. The van der Waals surface area contributed by atoms with Crippen molar-refractivity contribution in [2.45, 2.75) is 40.5 Å². The number of anilines is 3. The third kappa shape index (κ3) is 3.69. The second-order valence-electron chi connectivity index (χ2n) is 6.92. The summed E-state index contributed by atoms with van der Waals surface area (Å²) in [6, 6.07) is 10.6. The van der Waals surface area contributed by atoms with Gasteiger partial charge in [0.2, 0.25) is 5.95 Å². The number of hydrogen-bond donors (Lipinski definition) is 0. The first-order chi connectivity index (χ1) is 11.6. The summed E-state index contributed by atoms with van der Waals surface area (Å²) < 4.78 is 0. The fraction of sp³-hybridized carbons (Fsp3) is 0.500. The number of hydrogen-bond acceptors (Lipinski definition) is 4. The van der Waals surface area contributed by atoms with E-state index in [1.54, 1.807) is 0 Å². The Kier molecular flexibility index (Phi) is 5.03. The van der Waals surface area contributed by atoms with Crippen molar-refractivity contribution in [3.05, 3.63) is 41.6 Å². The van der Waals surface area contributed by atoms with E-state index < -0.39 is 0 Å². The van der Waals surface area contributed by atoms with E-state index >= 15 is 0 Å². The Morgan fingerprint density at radius 2 is 1.88 bits per heavy atom. The van der Waals surface area contributed by atoms with Gasteiger partial charge in [-0.15, -0.1) is 0 Å². The Morgan fingerprint density at radius 1 is 1.12 bits per heavy atom. The topological polar surface area (TPSA) is 32.3 Å². The summed E-state index contributed by atoms with van der Waals surface area (Å²) in [5.41, 5.74) is 3.44. The van der Waals surface area contributed by atoms with Crippen LogP contribution < -0.4 is 9.80 Å². The fourth-order valence-electron chi connectivity index (χ4n) is 3.29. The van der Waals surface area contributed by atoms with Gasteiger partial charge in [-0.05, 0) is 57.2 Å². The lowest BCUT2D eigenvalue weighted by molar-refractivity contribution is 0.436. The SMILES string of the molecule is CCN(c1cccc(C)c1)c1nc(C)cc(N2CCC(C)CC2)n1. The van der Waals surface area contributed by atoms with Crippen LogP contribution in [0.1, 0.15) is 37.9 Å².